The molecule has 1 heterocycles. The number of rotatable bonds is 5. The highest BCUT2D eigenvalue weighted by molar-refractivity contribution is 5.31. The minimum atomic E-state index is 0.918. The van der Waals surface area contributed by atoms with E-state index in [2.05, 4.69) is 59.2 Å². The average Bonchev–Trinajstić information content (AvgIpc) is 2.72. The van der Waals surface area contributed by atoms with E-state index in [1.807, 2.05) is 6.92 Å². The fourth-order valence-corrected chi connectivity index (χ4v) is 2.13. The summed E-state index contributed by atoms with van der Waals surface area (Å²) in [6.45, 7) is 8.19. The predicted octanol–water partition coefficient (Wildman–Crippen LogP) is 3.17. The maximum absolute atomic E-state index is 4.49. The summed E-state index contributed by atoms with van der Waals surface area (Å²) in [7, 11) is 0. The molecule has 2 aromatic rings. The molecule has 1 aromatic heterocycles. The highest BCUT2D eigenvalue weighted by atomic mass is 15.2. The summed E-state index contributed by atoms with van der Waals surface area (Å²) in [6.07, 6.45) is 3.11. The van der Waals surface area contributed by atoms with Crippen molar-refractivity contribution < 1.29 is 0 Å². The second kappa shape index (κ2) is 5.71. The number of nitrogens with one attached hydrogen (secondary N) is 1. The fourth-order valence-electron chi connectivity index (χ4n) is 2.13. The second-order valence-corrected chi connectivity index (χ2v) is 4.60. The van der Waals surface area contributed by atoms with E-state index in [0.29, 0.717) is 0 Å². The number of aryl methyl sites for hydroxylation is 3. The first-order valence-electron chi connectivity index (χ1n) is 6.53. The molecule has 0 radical (unpaired) electrons. The van der Waals surface area contributed by atoms with Crippen molar-refractivity contribution in [1.29, 1.82) is 0 Å². The molecule has 0 aliphatic carbocycles. The minimum absolute atomic E-state index is 0.918. The zero-order valence-electron chi connectivity index (χ0n) is 11.4. The number of aromatic nitrogens is 2. The van der Waals surface area contributed by atoms with Crippen LogP contribution in [0, 0.1) is 13.8 Å². The Morgan fingerprint density at radius 3 is 2.72 bits per heavy atom. The van der Waals surface area contributed by atoms with Crippen molar-refractivity contribution in [1.82, 2.24) is 9.55 Å². The maximum Gasteiger partial charge on any atom is 0.203 e. The summed E-state index contributed by atoms with van der Waals surface area (Å²) >= 11 is 0. The van der Waals surface area contributed by atoms with Crippen LogP contribution in [0.15, 0.2) is 30.5 Å². The van der Waals surface area contributed by atoms with Gasteiger partial charge in [-0.1, -0.05) is 24.3 Å². The van der Waals surface area contributed by atoms with Crippen LogP contribution in [0.5, 0.6) is 0 Å². The van der Waals surface area contributed by atoms with Gasteiger partial charge in [-0.2, -0.15) is 0 Å². The van der Waals surface area contributed by atoms with Gasteiger partial charge >= 0.3 is 0 Å². The third-order valence-electron chi connectivity index (χ3n) is 3.18. The zero-order valence-corrected chi connectivity index (χ0v) is 11.4. The van der Waals surface area contributed by atoms with Gasteiger partial charge in [-0.3, -0.25) is 0 Å². The van der Waals surface area contributed by atoms with Gasteiger partial charge in [-0.25, -0.2) is 4.98 Å². The van der Waals surface area contributed by atoms with E-state index in [0.717, 1.165) is 31.2 Å². The van der Waals surface area contributed by atoms with E-state index >= 15 is 0 Å². The Morgan fingerprint density at radius 1 is 1.22 bits per heavy atom. The highest BCUT2D eigenvalue weighted by Gasteiger charge is 2.03. The van der Waals surface area contributed by atoms with Crippen molar-refractivity contribution in [3.05, 3.63) is 47.3 Å². The SMILES string of the molecule is CCn1cc(C)nc1NCCc1ccccc1C. The zero-order chi connectivity index (χ0) is 13.0. The molecule has 0 unspecified atom stereocenters. The molecule has 0 aliphatic rings. The Kier molecular flexibility index (Phi) is 4.03. The average molecular weight is 243 g/mol. The maximum atomic E-state index is 4.49. The quantitative estimate of drug-likeness (QED) is 0.874. The molecule has 3 heteroatoms. The molecular formula is C15H21N3. The van der Waals surface area contributed by atoms with Crippen LogP contribution >= 0.6 is 0 Å². The standard InChI is InChI=1S/C15H21N3/c1-4-18-11-13(3)17-15(18)16-10-9-14-8-6-5-7-12(14)2/h5-8,11H,4,9-10H2,1-3H3,(H,16,17). The molecule has 0 amide bonds. The van der Waals surface area contributed by atoms with Crippen LogP contribution in [0.2, 0.25) is 0 Å². The number of benzene rings is 1. The first-order chi connectivity index (χ1) is 8.70. The van der Waals surface area contributed by atoms with Crippen molar-refractivity contribution in [2.75, 3.05) is 11.9 Å². The van der Waals surface area contributed by atoms with Crippen molar-refractivity contribution in [3.63, 3.8) is 0 Å². The Hall–Kier alpha value is -1.77. The first-order valence-corrected chi connectivity index (χ1v) is 6.53. The lowest BCUT2D eigenvalue weighted by Gasteiger charge is -2.09. The third-order valence-corrected chi connectivity index (χ3v) is 3.18. The van der Waals surface area contributed by atoms with Crippen molar-refractivity contribution >= 4 is 5.95 Å². The second-order valence-electron chi connectivity index (χ2n) is 4.60. The molecule has 96 valence electrons. The highest BCUT2D eigenvalue weighted by Crippen LogP contribution is 2.10. The van der Waals surface area contributed by atoms with Crippen LogP contribution in [0.25, 0.3) is 0 Å². The molecule has 0 atom stereocenters. The van der Waals surface area contributed by atoms with Gasteiger partial charge in [0, 0.05) is 19.3 Å². The van der Waals surface area contributed by atoms with E-state index in [1.165, 1.54) is 11.1 Å². The summed E-state index contributed by atoms with van der Waals surface area (Å²) in [4.78, 5) is 4.49. The summed E-state index contributed by atoms with van der Waals surface area (Å²) in [5.41, 5.74) is 3.82. The van der Waals surface area contributed by atoms with Gasteiger partial charge in [0.05, 0.1) is 5.69 Å². The monoisotopic (exact) mass is 243 g/mol. The first kappa shape index (κ1) is 12.7. The van der Waals surface area contributed by atoms with Gasteiger partial charge in [0.15, 0.2) is 0 Å². The van der Waals surface area contributed by atoms with E-state index in [4.69, 9.17) is 0 Å². The molecular weight excluding hydrogens is 222 g/mol. The molecule has 0 spiro atoms. The summed E-state index contributed by atoms with van der Waals surface area (Å²) < 4.78 is 2.15. The van der Waals surface area contributed by atoms with Gasteiger partial charge in [-0.15, -0.1) is 0 Å². The normalized spacial score (nSPS) is 10.6. The Labute approximate surface area is 109 Å². The minimum Gasteiger partial charge on any atom is -0.355 e. The van der Waals surface area contributed by atoms with E-state index in [-0.39, 0.29) is 0 Å². The van der Waals surface area contributed by atoms with Crippen molar-refractivity contribution in [2.24, 2.45) is 0 Å². The van der Waals surface area contributed by atoms with Gasteiger partial charge in [-0.05, 0) is 38.3 Å². The predicted molar refractivity (Wildman–Crippen MR) is 76.0 cm³/mol. The molecule has 3 nitrogen and oxygen atoms in total. The smallest absolute Gasteiger partial charge is 0.203 e. The van der Waals surface area contributed by atoms with Crippen LogP contribution in [0.3, 0.4) is 0 Å². The van der Waals surface area contributed by atoms with Crippen LogP contribution in [-0.2, 0) is 13.0 Å². The van der Waals surface area contributed by atoms with Crippen LogP contribution in [0.1, 0.15) is 23.7 Å². The van der Waals surface area contributed by atoms with Crippen molar-refractivity contribution in [2.45, 2.75) is 33.7 Å². The molecule has 0 saturated heterocycles. The van der Waals surface area contributed by atoms with Crippen LogP contribution in [-0.4, -0.2) is 16.1 Å². The Morgan fingerprint density at radius 2 is 2.00 bits per heavy atom. The molecule has 0 fully saturated rings. The summed E-state index contributed by atoms with van der Waals surface area (Å²) in [5, 5.41) is 3.41. The van der Waals surface area contributed by atoms with Crippen LogP contribution < -0.4 is 5.32 Å². The lowest BCUT2D eigenvalue weighted by molar-refractivity contribution is 0.761. The molecule has 0 aliphatic heterocycles. The topological polar surface area (TPSA) is 29.9 Å². The summed E-state index contributed by atoms with van der Waals surface area (Å²) in [6, 6.07) is 8.53. The molecule has 1 aromatic carbocycles. The lowest BCUT2D eigenvalue weighted by Crippen LogP contribution is -2.10. The van der Waals surface area contributed by atoms with Crippen LogP contribution in [0.4, 0.5) is 5.95 Å². The molecule has 18 heavy (non-hydrogen) atoms. The number of hydrogen-bond acceptors (Lipinski definition) is 2. The van der Waals surface area contributed by atoms with E-state index in [1.54, 1.807) is 0 Å². The van der Waals surface area contributed by atoms with Gasteiger partial charge in [0.1, 0.15) is 0 Å². The van der Waals surface area contributed by atoms with Gasteiger partial charge < -0.3 is 9.88 Å². The number of hydrogen-bond donors (Lipinski definition) is 1. The van der Waals surface area contributed by atoms with Crippen molar-refractivity contribution in [3.8, 4) is 0 Å². The lowest BCUT2D eigenvalue weighted by atomic mass is 10.1. The molecule has 1 N–H and O–H groups in total. The number of imidazole rings is 1. The fraction of sp³-hybridized carbons (Fsp3) is 0.400. The largest absolute Gasteiger partial charge is 0.355 e. The van der Waals surface area contributed by atoms with E-state index < -0.39 is 0 Å². The van der Waals surface area contributed by atoms with Gasteiger partial charge in [0.2, 0.25) is 5.95 Å². The number of anilines is 1. The Balaban J connectivity index is 1.94. The Bertz CT molecular complexity index is 514. The molecule has 0 saturated carbocycles. The van der Waals surface area contributed by atoms with E-state index in [9.17, 15) is 0 Å². The summed E-state index contributed by atoms with van der Waals surface area (Å²) in [5.74, 6) is 0.976. The van der Waals surface area contributed by atoms with Gasteiger partial charge in [0.25, 0.3) is 0 Å². The molecule has 0 bridgehead atoms. The third kappa shape index (κ3) is 2.92. The number of nitrogens with zero attached hydrogens (tertiary/aromatic N) is 2. The molecule has 2 rings (SSSR count).